The topological polar surface area (TPSA) is 53.6 Å². The molecule has 0 unspecified atom stereocenters. The van der Waals surface area contributed by atoms with E-state index in [1.165, 1.54) is 0 Å². The Morgan fingerprint density at radius 3 is 3.14 bits per heavy atom. The van der Waals surface area contributed by atoms with Gasteiger partial charge >= 0.3 is 6.03 Å². The molecular weight excluding hydrogens is 182 g/mol. The average molecular weight is 199 g/mol. The van der Waals surface area contributed by atoms with Crippen LogP contribution in [0.5, 0.6) is 0 Å². The highest BCUT2D eigenvalue weighted by atomic mass is 16.5. The lowest BCUT2D eigenvalue weighted by atomic mass is 10.0. The van der Waals surface area contributed by atoms with Gasteiger partial charge in [-0.3, -0.25) is 0 Å². The molecule has 2 rings (SSSR count). The molecule has 5 nitrogen and oxygen atoms in total. The molecule has 80 valence electrons. The van der Waals surface area contributed by atoms with E-state index in [4.69, 9.17) is 4.74 Å². The second-order valence-corrected chi connectivity index (χ2v) is 4.05. The molecule has 2 amide bonds. The zero-order valence-electron chi connectivity index (χ0n) is 8.51. The number of nitrogens with zero attached hydrogens (tertiary/aromatic N) is 1. The van der Waals surface area contributed by atoms with E-state index in [1.54, 1.807) is 7.11 Å². The molecule has 2 heterocycles. The summed E-state index contributed by atoms with van der Waals surface area (Å²) >= 11 is 0. The molecule has 0 bridgehead atoms. The number of rotatable bonds is 3. The second-order valence-electron chi connectivity index (χ2n) is 4.05. The molecule has 5 heteroatoms. The van der Waals surface area contributed by atoms with Crippen LogP contribution in [0, 0.1) is 0 Å². The van der Waals surface area contributed by atoms with Gasteiger partial charge in [0.15, 0.2) is 0 Å². The van der Waals surface area contributed by atoms with E-state index in [1.807, 2.05) is 4.90 Å². The minimum Gasteiger partial charge on any atom is -0.383 e. The molecule has 2 fully saturated rings. The standard InChI is InChI=1S/C9H17N3O2/c1-14-5-4-12-7-9(11-8(12)13)2-3-10-6-9/h10H,2-7H2,1H3,(H,11,13)/t9-/m1/s1. The Balaban J connectivity index is 1.92. The van der Waals surface area contributed by atoms with Gasteiger partial charge in [0.1, 0.15) is 0 Å². The van der Waals surface area contributed by atoms with Gasteiger partial charge in [-0.15, -0.1) is 0 Å². The molecule has 1 spiro atoms. The van der Waals surface area contributed by atoms with Crippen LogP contribution >= 0.6 is 0 Å². The predicted molar refractivity (Wildman–Crippen MR) is 52.2 cm³/mol. The first-order valence-electron chi connectivity index (χ1n) is 5.02. The van der Waals surface area contributed by atoms with Crippen LogP contribution in [0.15, 0.2) is 0 Å². The predicted octanol–water partition coefficient (Wildman–Crippen LogP) is -0.610. The summed E-state index contributed by atoms with van der Waals surface area (Å²) in [5.74, 6) is 0. The third kappa shape index (κ3) is 1.69. The third-order valence-corrected chi connectivity index (χ3v) is 2.96. The fourth-order valence-corrected chi connectivity index (χ4v) is 2.15. The Morgan fingerprint density at radius 1 is 1.64 bits per heavy atom. The van der Waals surface area contributed by atoms with Gasteiger partial charge in [0.2, 0.25) is 0 Å². The minimum atomic E-state index is -0.00910. The quantitative estimate of drug-likeness (QED) is 0.637. The van der Waals surface area contributed by atoms with Gasteiger partial charge in [-0.05, 0) is 13.0 Å². The van der Waals surface area contributed by atoms with Crippen LogP contribution in [-0.2, 0) is 4.74 Å². The smallest absolute Gasteiger partial charge is 0.318 e. The number of hydrogen-bond acceptors (Lipinski definition) is 3. The zero-order chi connectivity index (χ0) is 10.0. The molecule has 2 aliphatic rings. The highest BCUT2D eigenvalue weighted by molar-refractivity contribution is 5.78. The number of urea groups is 1. The fourth-order valence-electron chi connectivity index (χ4n) is 2.15. The van der Waals surface area contributed by atoms with E-state index in [2.05, 4.69) is 10.6 Å². The van der Waals surface area contributed by atoms with Crippen molar-refractivity contribution in [3.8, 4) is 0 Å². The average Bonchev–Trinajstić information content (AvgIpc) is 2.72. The summed E-state index contributed by atoms with van der Waals surface area (Å²) in [6.07, 6.45) is 1.03. The SMILES string of the molecule is COCCN1C[C@]2(CCNC2)NC1=O. The summed E-state index contributed by atoms with van der Waals surface area (Å²) in [4.78, 5) is 13.4. The lowest BCUT2D eigenvalue weighted by Gasteiger charge is -2.21. The summed E-state index contributed by atoms with van der Waals surface area (Å²) in [5.41, 5.74) is -0.00910. The molecule has 0 radical (unpaired) electrons. The Labute approximate surface area is 83.8 Å². The molecule has 2 saturated heterocycles. The second kappa shape index (κ2) is 3.74. The molecule has 0 aliphatic carbocycles. The first kappa shape index (κ1) is 9.73. The normalized spacial score (nSPS) is 31.5. The van der Waals surface area contributed by atoms with Gasteiger partial charge in [-0.25, -0.2) is 4.79 Å². The first-order valence-corrected chi connectivity index (χ1v) is 5.02. The summed E-state index contributed by atoms with van der Waals surface area (Å²) in [6, 6.07) is 0.0470. The maximum absolute atomic E-state index is 11.6. The van der Waals surface area contributed by atoms with Crippen LogP contribution in [0.2, 0.25) is 0 Å². The maximum atomic E-state index is 11.6. The van der Waals surface area contributed by atoms with Crippen molar-refractivity contribution in [3.63, 3.8) is 0 Å². The largest absolute Gasteiger partial charge is 0.383 e. The van der Waals surface area contributed by atoms with Gasteiger partial charge in [-0.1, -0.05) is 0 Å². The molecule has 0 aromatic rings. The van der Waals surface area contributed by atoms with Crippen LogP contribution in [0.4, 0.5) is 4.79 Å². The van der Waals surface area contributed by atoms with Crippen molar-refractivity contribution in [3.05, 3.63) is 0 Å². The van der Waals surface area contributed by atoms with Crippen LogP contribution in [0.25, 0.3) is 0 Å². The molecule has 0 aromatic carbocycles. The number of nitrogens with one attached hydrogen (secondary N) is 2. The van der Waals surface area contributed by atoms with E-state index in [9.17, 15) is 4.79 Å². The molecule has 1 atom stereocenters. The van der Waals surface area contributed by atoms with E-state index >= 15 is 0 Å². The summed E-state index contributed by atoms with van der Waals surface area (Å²) in [7, 11) is 1.65. The Morgan fingerprint density at radius 2 is 2.50 bits per heavy atom. The van der Waals surface area contributed by atoms with Crippen LogP contribution in [-0.4, -0.2) is 56.4 Å². The Hall–Kier alpha value is -0.810. The zero-order valence-corrected chi connectivity index (χ0v) is 8.51. The van der Waals surface area contributed by atoms with E-state index < -0.39 is 0 Å². The lowest BCUT2D eigenvalue weighted by molar-refractivity contribution is 0.159. The number of carbonyl (C=O) groups excluding carboxylic acids is 1. The number of amides is 2. The maximum Gasteiger partial charge on any atom is 0.318 e. The molecule has 14 heavy (non-hydrogen) atoms. The van der Waals surface area contributed by atoms with Crippen LogP contribution in [0.1, 0.15) is 6.42 Å². The highest BCUT2D eigenvalue weighted by Crippen LogP contribution is 2.21. The Kier molecular flexibility index (Phi) is 2.60. The molecular formula is C9H17N3O2. The van der Waals surface area contributed by atoms with Gasteiger partial charge in [0.05, 0.1) is 12.1 Å². The van der Waals surface area contributed by atoms with Gasteiger partial charge in [-0.2, -0.15) is 0 Å². The minimum absolute atomic E-state index is 0.00910. The van der Waals surface area contributed by atoms with Crippen molar-refractivity contribution in [2.45, 2.75) is 12.0 Å². The third-order valence-electron chi connectivity index (χ3n) is 2.96. The summed E-state index contributed by atoms with van der Waals surface area (Å²) < 4.78 is 4.97. The van der Waals surface area contributed by atoms with Crippen LogP contribution in [0.3, 0.4) is 0 Å². The van der Waals surface area contributed by atoms with Crippen molar-refractivity contribution >= 4 is 6.03 Å². The molecule has 0 aromatic heterocycles. The first-order chi connectivity index (χ1) is 6.76. The summed E-state index contributed by atoms with van der Waals surface area (Å²) in [5, 5.41) is 6.34. The van der Waals surface area contributed by atoms with Crippen molar-refractivity contribution in [1.82, 2.24) is 15.5 Å². The lowest BCUT2D eigenvalue weighted by Crippen LogP contribution is -2.45. The number of carbonyl (C=O) groups is 1. The number of hydrogen-bond donors (Lipinski definition) is 2. The van der Waals surface area contributed by atoms with Crippen molar-refractivity contribution in [2.24, 2.45) is 0 Å². The molecule has 2 aliphatic heterocycles. The van der Waals surface area contributed by atoms with Gasteiger partial charge in [0.25, 0.3) is 0 Å². The number of ether oxygens (including phenoxy) is 1. The van der Waals surface area contributed by atoms with E-state index in [0.29, 0.717) is 13.2 Å². The van der Waals surface area contributed by atoms with E-state index in [-0.39, 0.29) is 11.6 Å². The molecule has 0 saturated carbocycles. The Bertz CT molecular complexity index is 226. The summed E-state index contributed by atoms with van der Waals surface area (Å²) in [6.45, 7) is 3.99. The fraction of sp³-hybridized carbons (Fsp3) is 0.889. The number of methoxy groups -OCH3 is 1. The molecule has 2 N–H and O–H groups in total. The van der Waals surface area contributed by atoms with Crippen LogP contribution < -0.4 is 10.6 Å². The van der Waals surface area contributed by atoms with Crippen molar-refractivity contribution in [1.29, 1.82) is 0 Å². The van der Waals surface area contributed by atoms with E-state index in [0.717, 1.165) is 26.1 Å². The van der Waals surface area contributed by atoms with Gasteiger partial charge in [0, 0.05) is 26.7 Å². The monoisotopic (exact) mass is 199 g/mol. The highest BCUT2D eigenvalue weighted by Gasteiger charge is 2.43. The van der Waals surface area contributed by atoms with Gasteiger partial charge < -0.3 is 20.3 Å². The van der Waals surface area contributed by atoms with Crippen molar-refractivity contribution in [2.75, 3.05) is 39.9 Å². The van der Waals surface area contributed by atoms with Crippen molar-refractivity contribution < 1.29 is 9.53 Å².